The largest absolute Gasteiger partial charge is 0.376 e. The molecule has 0 saturated carbocycles. The van der Waals surface area contributed by atoms with Gasteiger partial charge in [0.25, 0.3) is 0 Å². The van der Waals surface area contributed by atoms with E-state index in [0.717, 1.165) is 70.6 Å². The number of hydrogen-bond donors (Lipinski definition) is 0. The van der Waals surface area contributed by atoms with Gasteiger partial charge < -0.3 is 14.5 Å². The molecule has 0 bridgehead atoms. The number of amides is 2. The first kappa shape index (κ1) is 15.0. The van der Waals surface area contributed by atoms with Crippen molar-refractivity contribution in [3.63, 3.8) is 0 Å². The van der Waals surface area contributed by atoms with Crippen molar-refractivity contribution in [3.8, 4) is 0 Å². The zero-order valence-electron chi connectivity index (χ0n) is 14.0. The van der Waals surface area contributed by atoms with Crippen LogP contribution in [-0.4, -0.2) is 51.9 Å². The van der Waals surface area contributed by atoms with E-state index in [1.54, 1.807) is 0 Å². The second kappa shape index (κ2) is 6.15. The van der Waals surface area contributed by atoms with E-state index in [2.05, 4.69) is 16.5 Å². The number of ether oxygens (including phenoxy) is 1. The van der Waals surface area contributed by atoms with Crippen LogP contribution >= 0.6 is 0 Å². The van der Waals surface area contributed by atoms with Crippen molar-refractivity contribution >= 4 is 6.03 Å². The fourth-order valence-corrected chi connectivity index (χ4v) is 4.23. The summed E-state index contributed by atoms with van der Waals surface area (Å²) in [6.07, 6.45) is 5.30. The topological polar surface area (TPSA) is 50.6 Å². The third-order valence-corrected chi connectivity index (χ3v) is 5.42. The highest BCUT2D eigenvalue weighted by Gasteiger charge is 2.37. The molecule has 1 aromatic heterocycles. The molecule has 2 saturated heterocycles. The van der Waals surface area contributed by atoms with Gasteiger partial charge in [0, 0.05) is 43.9 Å². The van der Waals surface area contributed by atoms with Gasteiger partial charge in [0.05, 0.1) is 24.9 Å². The highest BCUT2D eigenvalue weighted by Crippen LogP contribution is 2.36. The van der Waals surface area contributed by atoms with Crippen LogP contribution < -0.4 is 0 Å². The number of fused-ring (bicyclic) bond motifs is 1. The maximum absolute atomic E-state index is 12.9. The summed E-state index contributed by atoms with van der Waals surface area (Å²) < 4.78 is 7.80. The number of nitrogens with zero attached hydrogens (tertiary/aromatic N) is 4. The van der Waals surface area contributed by atoms with Crippen LogP contribution in [0.4, 0.5) is 4.79 Å². The SMILES string of the molecule is CCn1nc(C2CCCN2C(=O)N2CCCC2)c2c1CCOC2. The molecule has 1 atom stereocenters. The van der Waals surface area contributed by atoms with Gasteiger partial charge >= 0.3 is 6.03 Å². The van der Waals surface area contributed by atoms with Crippen LogP contribution in [0, 0.1) is 0 Å². The number of carbonyl (C=O) groups is 1. The standard InChI is InChI=1S/C17H26N4O2/c1-2-21-14-7-11-23-12-13(14)16(18-21)15-6-5-10-20(15)17(22)19-8-3-4-9-19/h15H,2-12H2,1H3. The van der Waals surface area contributed by atoms with E-state index in [9.17, 15) is 4.79 Å². The van der Waals surface area contributed by atoms with E-state index >= 15 is 0 Å². The molecule has 0 aliphatic carbocycles. The van der Waals surface area contributed by atoms with Crippen LogP contribution in [0.1, 0.15) is 55.6 Å². The lowest BCUT2D eigenvalue weighted by Crippen LogP contribution is -2.41. The van der Waals surface area contributed by atoms with Gasteiger partial charge in [-0.3, -0.25) is 4.68 Å². The molecule has 126 valence electrons. The van der Waals surface area contributed by atoms with Crippen LogP contribution in [0.2, 0.25) is 0 Å². The lowest BCUT2D eigenvalue weighted by atomic mass is 10.0. The van der Waals surface area contributed by atoms with E-state index < -0.39 is 0 Å². The Morgan fingerprint density at radius 1 is 1.26 bits per heavy atom. The average Bonchev–Trinajstić information content (AvgIpc) is 3.32. The van der Waals surface area contributed by atoms with Gasteiger partial charge in [-0.15, -0.1) is 0 Å². The number of rotatable bonds is 2. The Morgan fingerprint density at radius 3 is 2.87 bits per heavy atom. The average molecular weight is 318 g/mol. The Bertz CT molecular complexity index is 592. The second-order valence-electron chi connectivity index (χ2n) is 6.76. The summed E-state index contributed by atoms with van der Waals surface area (Å²) in [5.41, 5.74) is 3.64. The molecule has 0 radical (unpaired) electrons. The van der Waals surface area contributed by atoms with E-state index in [1.807, 2.05) is 4.90 Å². The van der Waals surface area contributed by atoms with Crippen LogP contribution in [0.3, 0.4) is 0 Å². The van der Waals surface area contributed by atoms with Gasteiger partial charge in [-0.25, -0.2) is 4.79 Å². The van der Waals surface area contributed by atoms with Crippen molar-refractivity contribution in [2.24, 2.45) is 0 Å². The fourth-order valence-electron chi connectivity index (χ4n) is 4.23. The second-order valence-corrected chi connectivity index (χ2v) is 6.76. The summed E-state index contributed by atoms with van der Waals surface area (Å²) in [6.45, 7) is 7.11. The van der Waals surface area contributed by atoms with Crippen LogP contribution in [0.15, 0.2) is 0 Å². The first-order valence-electron chi connectivity index (χ1n) is 9.01. The molecule has 1 aromatic rings. The molecule has 1 unspecified atom stereocenters. The Labute approximate surface area is 137 Å². The summed E-state index contributed by atoms with van der Waals surface area (Å²) in [4.78, 5) is 16.9. The molecule has 6 nitrogen and oxygen atoms in total. The molecule has 6 heteroatoms. The lowest BCUT2D eigenvalue weighted by molar-refractivity contribution is 0.107. The van der Waals surface area contributed by atoms with E-state index in [4.69, 9.17) is 9.84 Å². The summed E-state index contributed by atoms with van der Waals surface area (Å²) in [5.74, 6) is 0. The predicted molar refractivity (Wildman–Crippen MR) is 86.1 cm³/mol. The van der Waals surface area contributed by atoms with Crippen molar-refractivity contribution in [2.45, 2.75) is 58.2 Å². The smallest absolute Gasteiger partial charge is 0.320 e. The lowest BCUT2D eigenvalue weighted by Gasteiger charge is -2.29. The summed E-state index contributed by atoms with van der Waals surface area (Å²) in [6, 6.07) is 0.341. The Balaban J connectivity index is 1.63. The Hall–Kier alpha value is -1.56. The van der Waals surface area contributed by atoms with Gasteiger partial charge in [-0.2, -0.15) is 5.10 Å². The molecule has 4 heterocycles. The fraction of sp³-hybridized carbons (Fsp3) is 0.765. The van der Waals surface area contributed by atoms with Crippen molar-refractivity contribution in [1.82, 2.24) is 19.6 Å². The maximum atomic E-state index is 12.9. The molecule has 3 aliphatic rings. The normalized spacial score (nSPS) is 24.3. The molecule has 2 amide bonds. The van der Waals surface area contributed by atoms with Crippen LogP contribution in [0.5, 0.6) is 0 Å². The minimum Gasteiger partial charge on any atom is -0.376 e. The van der Waals surface area contributed by atoms with E-state index in [1.165, 1.54) is 11.3 Å². The predicted octanol–water partition coefficient (Wildman–Crippen LogP) is 2.33. The maximum Gasteiger partial charge on any atom is 0.320 e. The van der Waals surface area contributed by atoms with Gasteiger partial charge in [0.1, 0.15) is 0 Å². The molecule has 0 spiro atoms. The van der Waals surface area contributed by atoms with Gasteiger partial charge in [0.15, 0.2) is 0 Å². The highest BCUT2D eigenvalue weighted by molar-refractivity contribution is 5.75. The number of urea groups is 1. The first-order chi connectivity index (χ1) is 11.3. The molecular weight excluding hydrogens is 292 g/mol. The molecule has 2 fully saturated rings. The quantitative estimate of drug-likeness (QED) is 0.841. The molecular formula is C17H26N4O2. The monoisotopic (exact) mass is 318 g/mol. The van der Waals surface area contributed by atoms with Gasteiger partial charge in [-0.1, -0.05) is 0 Å². The number of hydrogen-bond acceptors (Lipinski definition) is 3. The molecule has 0 aromatic carbocycles. The van der Waals surface area contributed by atoms with Gasteiger partial charge in [0.2, 0.25) is 0 Å². The van der Waals surface area contributed by atoms with Crippen molar-refractivity contribution in [2.75, 3.05) is 26.2 Å². The number of aromatic nitrogens is 2. The van der Waals surface area contributed by atoms with Crippen LogP contribution in [-0.2, 0) is 24.3 Å². The van der Waals surface area contributed by atoms with E-state index in [0.29, 0.717) is 6.61 Å². The summed E-state index contributed by atoms with van der Waals surface area (Å²) in [5, 5.41) is 4.88. The van der Waals surface area contributed by atoms with Crippen molar-refractivity contribution in [3.05, 3.63) is 17.0 Å². The minimum atomic E-state index is 0.131. The van der Waals surface area contributed by atoms with Crippen molar-refractivity contribution < 1.29 is 9.53 Å². The van der Waals surface area contributed by atoms with Crippen LogP contribution in [0.25, 0.3) is 0 Å². The minimum absolute atomic E-state index is 0.131. The number of carbonyl (C=O) groups excluding carboxylic acids is 1. The molecule has 0 N–H and O–H groups in total. The first-order valence-corrected chi connectivity index (χ1v) is 9.01. The van der Waals surface area contributed by atoms with Crippen molar-refractivity contribution in [1.29, 1.82) is 0 Å². The zero-order chi connectivity index (χ0) is 15.8. The summed E-state index contributed by atoms with van der Waals surface area (Å²) >= 11 is 0. The third-order valence-electron chi connectivity index (χ3n) is 5.42. The number of aryl methyl sites for hydroxylation is 1. The molecule has 23 heavy (non-hydrogen) atoms. The van der Waals surface area contributed by atoms with E-state index in [-0.39, 0.29) is 12.1 Å². The Morgan fingerprint density at radius 2 is 2.09 bits per heavy atom. The molecule has 3 aliphatic heterocycles. The number of likely N-dealkylation sites (tertiary alicyclic amines) is 2. The zero-order valence-corrected chi connectivity index (χ0v) is 14.0. The highest BCUT2D eigenvalue weighted by atomic mass is 16.5. The molecule has 4 rings (SSSR count). The Kier molecular flexibility index (Phi) is 4.01. The third kappa shape index (κ3) is 2.53. The van der Waals surface area contributed by atoms with Gasteiger partial charge in [-0.05, 0) is 32.6 Å². The summed E-state index contributed by atoms with van der Waals surface area (Å²) in [7, 11) is 0.